The number of carboxylic acid groups (broad SMARTS) is 1. The zero-order valence-electron chi connectivity index (χ0n) is 11.6. The third-order valence-electron chi connectivity index (χ3n) is 4.12. The van der Waals surface area contributed by atoms with E-state index in [1.165, 1.54) is 32.1 Å². The highest BCUT2D eigenvalue weighted by Crippen LogP contribution is 2.28. The van der Waals surface area contributed by atoms with E-state index in [9.17, 15) is 4.79 Å². The van der Waals surface area contributed by atoms with Gasteiger partial charge in [-0.2, -0.15) is 0 Å². The highest BCUT2D eigenvalue weighted by molar-refractivity contribution is 5.70. The summed E-state index contributed by atoms with van der Waals surface area (Å²) in [7, 11) is 0. The van der Waals surface area contributed by atoms with Crippen molar-refractivity contribution in [2.45, 2.75) is 57.5 Å². The molecule has 0 atom stereocenters. The molecule has 1 aromatic carbocycles. The fraction of sp³-hybridized carbons (Fsp3) is 0.562. The van der Waals surface area contributed by atoms with Crippen LogP contribution in [0.3, 0.4) is 0 Å². The highest BCUT2D eigenvalue weighted by Gasteiger charge is 2.25. The number of carbonyl (C=O) groups is 1. The molecule has 0 aromatic heterocycles. The maximum Gasteiger partial charge on any atom is 0.307 e. The molecule has 3 nitrogen and oxygen atoms in total. The summed E-state index contributed by atoms with van der Waals surface area (Å²) in [5, 5.41) is 12.6. The molecular weight excluding hydrogens is 238 g/mol. The van der Waals surface area contributed by atoms with Crippen molar-refractivity contribution in [3.05, 3.63) is 35.4 Å². The Morgan fingerprint density at radius 2 is 1.84 bits per heavy atom. The van der Waals surface area contributed by atoms with Gasteiger partial charge in [0.15, 0.2) is 0 Å². The van der Waals surface area contributed by atoms with E-state index in [1.54, 1.807) is 0 Å². The van der Waals surface area contributed by atoms with Gasteiger partial charge in [0, 0.05) is 12.1 Å². The molecule has 19 heavy (non-hydrogen) atoms. The summed E-state index contributed by atoms with van der Waals surface area (Å²) < 4.78 is 0. The molecule has 0 aliphatic heterocycles. The Kier molecular flexibility index (Phi) is 4.59. The molecule has 0 saturated heterocycles. The summed E-state index contributed by atoms with van der Waals surface area (Å²) in [5.41, 5.74) is 2.24. The molecule has 0 spiro atoms. The number of carboxylic acids is 1. The molecule has 0 unspecified atom stereocenters. The lowest BCUT2D eigenvalue weighted by atomic mass is 9.83. The van der Waals surface area contributed by atoms with E-state index in [1.807, 2.05) is 24.3 Å². The van der Waals surface area contributed by atoms with Crippen molar-refractivity contribution >= 4 is 5.97 Å². The second-order valence-electron chi connectivity index (χ2n) is 5.81. The fourth-order valence-corrected chi connectivity index (χ4v) is 2.88. The molecule has 0 heterocycles. The molecule has 104 valence electrons. The van der Waals surface area contributed by atoms with Gasteiger partial charge < -0.3 is 10.4 Å². The Balaban J connectivity index is 2.00. The van der Waals surface area contributed by atoms with Crippen LogP contribution in [0.25, 0.3) is 0 Å². The van der Waals surface area contributed by atoms with Crippen molar-refractivity contribution in [1.82, 2.24) is 5.32 Å². The van der Waals surface area contributed by atoms with Crippen LogP contribution in [-0.2, 0) is 17.8 Å². The standard InChI is InChI=1S/C16H23NO2/c1-16(9-5-2-6-10-16)17-12-14-8-4-3-7-13(14)11-15(18)19/h3-4,7-8,17H,2,5-6,9-12H2,1H3,(H,18,19). The van der Waals surface area contributed by atoms with Crippen LogP contribution in [0.1, 0.15) is 50.2 Å². The summed E-state index contributed by atoms with van der Waals surface area (Å²) in [4.78, 5) is 10.9. The Bertz CT molecular complexity index is 436. The minimum Gasteiger partial charge on any atom is -0.481 e. The third kappa shape index (κ3) is 4.06. The lowest BCUT2D eigenvalue weighted by Crippen LogP contribution is -2.43. The maximum atomic E-state index is 10.9. The molecule has 0 amide bonds. The van der Waals surface area contributed by atoms with Crippen LogP contribution < -0.4 is 5.32 Å². The zero-order chi connectivity index (χ0) is 13.7. The molecule has 0 bridgehead atoms. The van der Waals surface area contributed by atoms with E-state index in [-0.39, 0.29) is 12.0 Å². The summed E-state index contributed by atoms with van der Waals surface area (Å²) in [6.45, 7) is 3.05. The summed E-state index contributed by atoms with van der Waals surface area (Å²) in [5.74, 6) is -0.767. The predicted octanol–water partition coefficient (Wildman–Crippen LogP) is 3.13. The van der Waals surface area contributed by atoms with Gasteiger partial charge in [0.25, 0.3) is 0 Å². The predicted molar refractivity (Wildman–Crippen MR) is 76.1 cm³/mol. The van der Waals surface area contributed by atoms with Gasteiger partial charge in [-0.1, -0.05) is 43.5 Å². The minimum atomic E-state index is -0.767. The SMILES string of the molecule is CC1(NCc2ccccc2CC(=O)O)CCCCC1. The summed E-state index contributed by atoms with van der Waals surface area (Å²) in [6.07, 6.45) is 6.46. The van der Waals surface area contributed by atoms with Gasteiger partial charge in [-0.05, 0) is 30.9 Å². The van der Waals surface area contributed by atoms with Crippen molar-refractivity contribution in [3.8, 4) is 0 Å². The van der Waals surface area contributed by atoms with Crippen molar-refractivity contribution in [3.63, 3.8) is 0 Å². The van der Waals surface area contributed by atoms with Crippen LogP contribution in [0.15, 0.2) is 24.3 Å². The van der Waals surface area contributed by atoms with Crippen LogP contribution in [0, 0.1) is 0 Å². The molecule has 3 heteroatoms. The molecule has 1 saturated carbocycles. The second kappa shape index (κ2) is 6.20. The molecular formula is C16H23NO2. The van der Waals surface area contributed by atoms with Gasteiger partial charge in [-0.15, -0.1) is 0 Å². The third-order valence-corrected chi connectivity index (χ3v) is 4.12. The number of nitrogens with one attached hydrogen (secondary N) is 1. The van der Waals surface area contributed by atoms with Gasteiger partial charge in [-0.3, -0.25) is 4.79 Å². The van der Waals surface area contributed by atoms with Gasteiger partial charge in [0.05, 0.1) is 6.42 Å². The number of hydrogen-bond donors (Lipinski definition) is 2. The van der Waals surface area contributed by atoms with Crippen molar-refractivity contribution in [2.24, 2.45) is 0 Å². The Morgan fingerprint density at radius 3 is 2.47 bits per heavy atom. The van der Waals surface area contributed by atoms with Crippen LogP contribution in [0.2, 0.25) is 0 Å². The average Bonchev–Trinajstić information content (AvgIpc) is 2.38. The summed E-state index contributed by atoms with van der Waals surface area (Å²) >= 11 is 0. The lowest BCUT2D eigenvalue weighted by molar-refractivity contribution is -0.136. The first kappa shape index (κ1) is 14.1. The number of rotatable bonds is 5. The monoisotopic (exact) mass is 261 g/mol. The van der Waals surface area contributed by atoms with E-state index in [0.29, 0.717) is 0 Å². The first-order valence-electron chi connectivity index (χ1n) is 7.13. The Morgan fingerprint density at radius 1 is 1.21 bits per heavy atom. The van der Waals surface area contributed by atoms with E-state index in [0.717, 1.165) is 17.7 Å². The van der Waals surface area contributed by atoms with Crippen LogP contribution in [0.5, 0.6) is 0 Å². The summed E-state index contributed by atoms with van der Waals surface area (Å²) in [6, 6.07) is 7.82. The highest BCUT2D eigenvalue weighted by atomic mass is 16.4. The minimum absolute atomic E-state index is 0.106. The van der Waals surface area contributed by atoms with Crippen molar-refractivity contribution in [1.29, 1.82) is 0 Å². The van der Waals surface area contributed by atoms with Gasteiger partial charge >= 0.3 is 5.97 Å². The van der Waals surface area contributed by atoms with Crippen molar-refractivity contribution < 1.29 is 9.90 Å². The molecule has 2 N–H and O–H groups in total. The van der Waals surface area contributed by atoms with Gasteiger partial charge in [-0.25, -0.2) is 0 Å². The smallest absolute Gasteiger partial charge is 0.307 e. The largest absolute Gasteiger partial charge is 0.481 e. The Hall–Kier alpha value is -1.35. The number of benzene rings is 1. The molecule has 1 fully saturated rings. The number of aliphatic carboxylic acids is 1. The van der Waals surface area contributed by atoms with Crippen molar-refractivity contribution in [2.75, 3.05) is 0 Å². The zero-order valence-corrected chi connectivity index (χ0v) is 11.6. The van der Waals surface area contributed by atoms with Crippen LogP contribution >= 0.6 is 0 Å². The normalized spacial score (nSPS) is 18.2. The average molecular weight is 261 g/mol. The molecule has 0 radical (unpaired) electrons. The number of hydrogen-bond acceptors (Lipinski definition) is 2. The molecule has 1 aliphatic carbocycles. The first-order valence-corrected chi connectivity index (χ1v) is 7.13. The van der Waals surface area contributed by atoms with Crippen LogP contribution in [-0.4, -0.2) is 16.6 Å². The molecule has 2 rings (SSSR count). The van der Waals surface area contributed by atoms with E-state index in [2.05, 4.69) is 12.2 Å². The maximum absolute atomic E-state index is 10.9. The second-order valence-corrected chi connectivity index (χ2v) is 5.81. The van der Waals surface area contributed by atoms with E-state index >= 15 is 0 Å². The quantitative estimate of drug-likeness (QED) is 0.856. The van der Waals surface area contributed by atoms with Crippen LogP contribution in [0.4, 0.5) is 0 Å². The first-order chi connectivity index (χ1) is 9.09. The topological polar surface area (TPSA) is 49.3 Å². The van der Waals surface area contributed by atoms with E-state index < -0.39 is 5.97 Å². The van der Waals surface area contributed by atoms with Gasteiger partial charge in [0.2, 0.25) is 0 Å². The van der Waals surface area contributed by atoms with Gasteiger partial charge in [0.1, 0.15) is 0 Å². The molecule has 1 aliphatic rings. The fourth-order valence-electron chi connectivity index (χ4n) is 2.88. The molecule has 1 aromatic rings. The Labute approximate surface area is 115 Å². The lowest BCUT2D eigenvalue weighted by Gasteiger charge is -2.35. The van der Waals surface area contributed by atoms with E-state index in [4.69, 9.17) is 5.11 Å².